The molecular formula is C20H20O2. The maximum absolute atomic E-state index is 11.8. The Morgan fingerprint density at radius 2 is 1.55 bits per heavy atom. The van der Waals surface area contributed by atoms with E-state index in [-0.39, 0.29) is 12.4 Å². The molecule has 0 atom stereocenters. The number of carbonyl (C=O) groups excluding carboxylic acids is 1. The second kappa shape index (κ2) is 8.63. The summed E-state index contributed by atoms with van der Waals surface area (Å²) < 4.78 is 5.05. The lowest BCUT2D eigenvalue weighted by Gasteiger charge is -2.04. The van der Waals surface area contributed by atoms with E-state index in [2.05, 4.69) is 0 Å². The fourth-order valence-electron chi connectivity index (χ4n) is 2.07. The van der Waals surface area contributed by atoms with Crippen LogP contribution in [0.25, 0.3) is 12.2 Å². The third-order valence-electron chi connectivity index (χ3n) is 3.09. The van der Waals surface area contributed by atoms with E-state index in [9.17, 15) is 4.79 Å². The van der Waals surface area contributed by atoms with Crippen molar-refractivity contribution in [2.24, 2.45) is 0 Å². The molecule has 0 unspecified atom stereocenters. The molecule has 112 valence electrons. The maximum Gasteiger partial charge on any atom is 0.310 e. The summed E-state index contributed by atoms with van der Waals surface area (Å²) in [5, 5.41) is 0. The van der Waals surface area contributed by atoms with E-state index >= 15 is 0 Å². The van der Waals surface area contributed by atoms with E-state index in [0.29, 0.717) is 6.61 Å². The molecule has 0 aliphatic rings. The summed E-state index contributed by atoms with van der Waals surface area (Å²) in [6, 6.07) is 20.0. The third kappa shape index (κ3) is 5.41. The quantitative estimate of drug-likeness (QED) is 0.568. The van der Waals surface area contributed by atoms with Gasteiger partial charge in [-0.25, -0.2) is 0 Å². The molecule has 2 aromatic carbocycles. The number of hydrogen-bond acceptors (Lipinski definition) is 2. The van der Waals surface area contributed by atoms with Crippen molar-refractivity contribution in [3.63, 3.8) is 0 Å². The fraction of sp³-hybridized carbons (Fsp3) is 0.150. The number of esters is 1. The molecule has 2 nitrogen and oxygen atoms in total. The van der Waals surface area contributed by atoms with Gasteiger partial charge >= 0.3 is 5.97 Å². The number of benzene rings is 2. The van der Waals surface area contributed by atoms with E-state index in [4.69, 9.17) is 4.74 Å². The number of carbonyl (C=O) groups is 1. The van der Waals surface area contributed by atoms with Gasteiger partial charge in [0.05, 0.1) is 13.0 Å². The second-order valence-corrected chi connectivity index (χ2v) is 4.86. The highest BCUT2D eigenvalue weighted by Crippen LogP contribution is 2.14. The first-order valence-electron chi connectivity index (χ1n) is 7.42. The minimum Gasteiger partial charge on any atom is -0.466 e. The molecule has 0 amide bonds. The average molecular weight is 292 g/mol. The Kier molecular flexibility index (Phi) is 6.18. The monoisotopic (exact) mass is 292 g/mol. The molecule has 0 fully saturated rings. The highest BCUT2D eigenvalue weighted by atomic mass is 16.5. The molecular weight excluding hydrogens is 272 g/mol. The topological polar surface area (TPSA) is 26.3 Å². The van der Waals surface area contributed by atoms with Crippen LogP contribution in [0.1, 0.15) is 24.5 Å². The number of ether oxygens (including phenoxy) is 1. The largest absolute Gasteiger partial charge is 0.466 e. The lowest BCUT2D eigenvalue weighted by atomic mass is 10.1. The number of hydrogen-bond donors (Lipinski definition) is 0. The summed E-state index contributed by atoms with van der Waals surface area (Å²) in [4.78, 5) is 11.8. The maximum atomic E-state index is 11.8. The van der Waals surface area contributed by atoms with E-state index in [1.54, 1.807) is 0 Å². The van der Waals surface area contributed by atoms with E-state index in [1.165, 1.54) is 0 Å². The zero-order valence-electron chi connectivity index (χ0n) is 12.7. The zero-order chi connectivity index (χ0) is 15.6. The fourth-order valence-corrected chi connectivity index (χ4v) is 2.07. The molecule has 0 saturated heterocycles. The lowest BCUT2D eigenvalue weighted by Crippen LogP contribution is -2.04. The van der Waals surface area contributed by atoms with Gasteiger partial charge in [0.15, 0.2) is 0 Å². The van der Waals surface area contributed by atoms with Gasteiger partial charge in [-0.05, 0) is 23.6 Å². The van der Waals surface area contributed by atoms with Crippen LogP contribution >= 0.6 is 0 Å². The number of rotatable bonds is 6. The van der Waals surface area contributed by atoms with Crippen LogP contribution in [0.4, 0.5) is 0 Å². The Balaban J connectivity index is 2.19. The molecule has 0 bridgehead atoms. The summed E-state index contributed by atoms with van der Waals surface area (Å²) in [6.45, 7) is 2.22. The van der Waals surface area contributed by atoms with Crippen LogP contribution in [0.15, 0.2) is 72.3 Å². The van der Waals surface area contributed by atoms with Gasteiger partial charge in [-0.2, -0.15) is 0 Å². The highest BCUT2D eigenvalue weighted by Gasteiger charge is 2.04. The van der Waals surface area contributed by atoms with Crippen molar-refractivity contribution >= 4 is 18.1 Å². The van der Waals surface area contributed by atoms with Gasteiger partial charge in [-0.3, -0.25) is 4.79 Å². The van der Waals surface area contributed by atoms with Crippen LogP contribution in [-0.2, 0) is 9.53 Å². The van der Waals surface area contributed by atoms with Crippen molar-refractivity contribution in [1.82, 2.24) is 0 Å². The normalized spacial score (nSPS) is 11.6. The summed E-state index contributed by atoms with van der Waals surface area (Å²) >= 11 is 0. The minimum atomic E-state index is -0.206. The van der Waals surface area contributed by atoms with Crippen LogP contribution < -0.4 is 0 Å². The lowest BCUT2D eigenvalue weighted by molar-refractivity contribution is -0.142. The molecule has 22 heavy (non-hydrogen) atoms. The van der Waals surface area contributed by atoms with Crippen LogP contribution in [0.5, 0.6) is 0 Å². The molecule has 0 aromatic heterocycles. The van der Waals surface area contributed by atoms with Crippen molar-refractivity contribution in [2.75, 3.05) is 6.61 Å². The summed E-state index contributed by atoms with van der Waals surface area (Å²) in [7, 11) is 0. The van der Waals surface area contributed by atoms with Gasteiger partial charge in [-0.15, -0.1) is 0 Å². The van der Waals surface area contributed by atoms with Crippen molar-refractivity contribution in [3.8, 4) is 0 Å². The first kappa shape index (κ1) is 15.8. The summed E-state index contributed by atoms with van der Waals surface area (Å²) in [5.41, 5.74) is 3.10. The molecule has 0 spiro atoms. The second-order valence-electron chi connectivity index (χ2n) is 4.86. The molecule has 0 radical (unpaired) electrons. The SMILES string of the molecule is CCOC(=O)CC(/C=C/c1ccccc1)=C\c1ccccc1. The van der Waals surface area contributed by atoms with E-state index < -0.39 is 0 Å². The van der Waals surface area contributed by atoms with Crippen LogP contribution in [-0.4, -0.2) is 12.6 Å². The first-order chi connectivity index (χ1) is 10.8. The predicted octanol–water partition coefficient (Wildman–Crippen LogP) is 4.74. The molecule has 0 saturated carbocycles. The zero-order valence-corrected chi connectivity index (χ0v) is 12.7. The van der Waals surface area contributed by atoms with E-state index in [0.717, 1.165) is 16.7 Å². The summed E-state index contributed by atoms with van der Waals surface area (Å²) in [5.74, 6) is -0.206. The van der Waals surface area contributed by atoms with Gasteiger partial charge in [0.2, 0.25) is 0 Å². The first-order valence-corrected chi connectivity index (χ1v) is 7.42. The molecule has 2 rings (SSSR count). The molecule has 0 aliphatic heterocycles. The molecule has 0 aliphatic carbocycles. The van der Waals surface area contributed by atoms with Gasteiger partial charge in [-0.1, -0.05) is 78.9 Å². The minimum absolute atomic E-state index is 0.206. The van der Waals surface area contributed by atoms with Crippen LogP contribution in [0.3, 0.4) is 0 Å². The smallest absolute Gasteiger partial charge is 0.310 e. The third-order valence-corrected chi connectivity index (χ3v) is 3.09. The highest BCUT2D eigenvalue weighted by molar-refractivity contribution is 5.77. The number of allylic oxidation sites excluding steroid dienone is 1. The Bertz CT molecular complexity index is 640. The Hall–Kier alpha value is -2.61. The van der Waals surface area contributed by atoms with Crippen LogP contribution in [0.2, 0.25) is 0 Å². The van der Waals surface area contributed by atoms with E-state index in [1.807, 2.05) is 85.8 Å². The van der Waals surface area contributed by atoms with Gasteiger partial charge in [0.25, 0.3) is 0 Å². The Labute approximate surface area is 131 Å². The molecule has 2 aromatic rings. The van der Waals surface area contributed by atoms with Crippen molar-refractivity contribution < 1.29 is 9.53 Å². The molecule has 0 heterocycles. The predicted molar refractivity (Wildman–Crippen MR) is 91.1 cm³/mol. The van der Waals surface area contributed by atoms with Gasteiger partial charge < -0.3 is 4.74 Å². The van der Waals surface area contributed by atoms with Crippen molar-refractivity contribution in [3.05, 3.63) is 83.4 Å². The van der Waals surface area contributed by atoms with Crippen LogP contribution in [0, 0.1) is 0 Å². The van der Waals surface area contributed by atoms with Crippen molar-refractivity contribution in [2.45, 2.75) is 13.3 Å². The standard InChI is InChI=1S/C20H20O2/c1-2-22-20(21)16-19(15-18-11-7-4-8-12-18)14-13-17-9-5-3-6-10-17/h3-15H,2,16H2,1H3/b14-13+,19-15-. The van der Waals surface area contributed by atoms with Gasteiger partial charge in [0, 0.05) is 0 Å². The van der Waals surface area contributed by atoms with Gasteiger partial charge in [0.1, 0.15) is 0 Å². The Morgan fingerprint density at radius 1 is 0.955 bits per heavy atom. The molecule has 2 heteroatoms. The average Bonchev–Trinajstić information content (AvgIpc) is 2.55. The molecule has 0 N–H and O–H groups in total. The Morgan fingerprint density at radius 3 is 2.14 bits per heavy atom. The summed E-state index contributed by atoms with van der Waals surface area (Å²) in [6.07, 6.45) is 6.26. The van der Waals surface area contributed by atoms with Crippen molar-refractivity contribution in [1.29, 1.82) is 0 Å².